The predicted octanol–water partition coefficient (Wildman–Crippen LogP) is 2.67. The molecule has 1 aliphatic carbocycles. The summed E-state index contributed by atoms with van der Waals surface area (Å²) in [6.45, 7) is 7.35. The minimum atomic E-state index is 0.465. The molecule has 1 aromatic heterocycles. The van der Waals surface area contributed by atoms with E-state index >= 15 is 0 Å². The monoisotopic (exact) mass is 244 g/mol. The van der Waals surface area contributed by atoms with Gasteiger partial charge in [-0.25, -0.2) is 9.97 Å². The first-order valence-electron chi connectivity index (χ1n) is 6.62. The fraction of sp³-hybridized carbons (Fsp3) is 0.643. The van der Waals surface area contributed by atoms with E-state index < -0.39 is 0 Å². The SMILES string of the molecule is Cc1cc(C#N)nc(N(CCC(C)C)C2CC2)n1. The van der Waals surface area contributed by atoms with E-state index in [1.165, 1.54) is 12.8 Å². The molecule has 1 aromatic rings. The van der Waals surface area contributed by atoms with E-state index in [0.717, 1.165) is 24.6 Å². The summed E-state index contributed by atoms with van der Waals surface area (Å²) in [6.07, 6.45) is 3.57. The summed E-state index contributed by atoms with van der Waals surface area (Å²) in [6, 6.07) is 4.42. The second kappa shape index (κ2) is 5.34. The number of hydrogen-bond donors (Lipinski definition) is 0. The predicted molar refractivity (Wildman–Crippen MR) is 71.3 cm³/mol. The molecule has 4 heteroatoms. The lowest BCUT2D eigenvalue weighted by Gasteiger charge is -2.23. The average molecular weight is 244 g/mol. The Morgan fingerprint density at radius 2 is 2.17 bits per heavy atom. The van der Waals surface area contributed by atoms with Crippen LogP contribution in [0.15, 0.2) is 6.07 Å². The van der Waals surface area contributed by atoms with Gasteiger partial charge in [0.25, 0.3) is 0 Å². The molecule has 0 bridgehead atoms. The van der Waals surface area contributed by atoms with E-state index in [4.69, 9.17) is 5.26 Å². The Labute approximate surface area is 109 Å². The Hall–Kier alpha value is -1.63. The van der Waals surface area contributed by atoms with Gasteiger partial charge in [0.05, 0.1) is 0 Å². The number of hydrogen-bond acceptors (Lipinski definition) is 4. The fourth-order valence-corrected chi connectivity index (χ4v) is 1.97. The van der Waals surface area contributed by atoms with E-state index in [-0.39, 0.29) is 0 Å². The van der Waals surface area contributed by atoms with Crippen LogP contribution in [0.2, 0.25) is 0 Å². The highest BCUT2D eigenvalue weighted by molar-refractivity contribution is 5.38. The first-order chi connectivity index (χ1) is 8.60. The summed E-state index contributed by atoms with van der Waals surface area (Å²) < 4.78 is 0. The average Bonchev–Trinajstić information content (AvgIpc) is 3.12. The minimum Gasteiger partial charge on any atom is -0.338 e. The fourth-order valence-electron chi connectivity index (χ4n) is 1.97. The van der Waals surface area contributed by atoms with Crippen LogP contribution in [0.5, 0.6) is 0 Å². The maximum absolute atomic E-state index is 8.98. The van der Waals surface area contributed by atoms with E-state index in [2.05, 4.69) is 34.8 Å². The molecule has 4 nitrogen and oxygen atoms in total. The second-order valence-corrected chi connectivity index (χ2v) is 5.41. The minimum absolute atomic E-state index is 0.465. The van der Waals surface area contributed by atoms with Gasteiger partial charge in [-0.3, -0.25) is 0 Å². The first kappa shape index (κ1) is 12.8. The third kappa shape index (κ3) is 3.19. The molecule has 0 unspecified atom stereocenters. The smallest absolute Gasteiger partial charge is 0.227 e. The zero-order chi connectivity index (χ0) is 13.1. The topological polar surface area (TPSA) is 52.8 Å². The van der Waals surface area contributed by atoms with Gasteiger partial charge in [0.1, 0.15) is 11.8 Å². The molecule has 0 saturated heterocycles. The zero-order valence-electron chi connectivity index (χ0n) is 11.3. The summed E-state index contributed by atoms with van der Waals surface area (Å²) in [5.41, 5.74) is 1.33. The molecular weight excluding hydrogens is 224 g/mol. The van der Waals surface area contributed by atoms with Crippen molar-refractivity contribution in [1.29, 1.82) is 5.26 Å². The molecule has 0 N–H and O–H groups in total. The van der Waals surface area contributed by atoms with E-state index in [1.807, 2.05) is 6.92 Å². The third-order valence-electron chi connectivity index (χ3n) is 3.15. The van der Waals surface area contributed by atoms with Crippen LogP contribution in [0, 0.1) is 24.2 Å². The largest absolute Gasteiger partial charge is 0.338 e. The number of rotatable bonds is 5. The summed E-state index contributed by atoms with van der Waals surface area (Å²) in [5.74, 6) is 1.40. The summed E-state index contributed by atoms with van der Waals surface area (Å²) in [5, 5.41) is 8.98. The molecule has 0 amide bonds. The van der Waals surface area contributed by atoms with Crippen molar-refractivity contribution in [3.8, 4) is 6.07 Å². The van der Waals surface area contributed by atoms with Gasteiger partial charge in [0.15, 0.2) is 0 Å². The van der Waals surface area contributed by atoms with Crippen LogP contribution < -0.4 is 4.90 Å². The number of nitriles is 1. The van der Waals surface area contributed by atoms with Crippen LogP contribution in [-0.4, -0.2) is 22.6 Å². The first-order valence-corrected chi connectivity index (χ1v) is 6.62. The zero-order valence-corrected chi connectivity index (χ0v) is 11.3. The Kier molecular flexibility index (Phi) is 3.81. The Bertz CT molecular complexity index is 457. The van der Waals surface area contributed by atoms with Crippen molar-refractivity contribution in [2.24, 2.45) is 5.92 Å². The molecule has 0 radical (unpaired) electrons. The second-order valence-electron chi connectivity index (χ2n) is 5.41. The molecule has 1 fully saturated rings. The molecule has 1 aliphatic rings. The van der Waals surface area contributed by atoms with Crippen LogP contribution >= 0.6 is 0 Å². The molecule has 1 saturated carbocycles. The van der Waals surface area contributed by atoms with Crippen molar-refractivity contribution in [2.75, 3.05) is 11.4 Å². The van der Waals surface area contributed by atoms with Crippen molar-refractivity contribution < 1.29 is 0 Å². The van der Waals surface area contributed by atoms with Crippen LogP contribution in [0.1, 0.15) is 44.5 Å². The van der Waals surface area contributed by atoms with Crippen molar-refractivity contribution in [3.63, 3.8) is 0 Å². The quantitative estimate of drug-likeness (QED) is 0.799. The Morgan fingerprint density at radius 3 is 2.72 bits per heavy atom. The highest BCUT2D eigenvalue weighted by Gasteiger charge is 2.30. The summed E-state index contributed by atoms with van der Waals surface area (Å²) in [7, 11) is 0. The lowest BCUT2D eigenvalue weighted by Crippen LogP contribution is -2.30. The van der Waals surface area contributed by atoms with Crippen molar-refractivity contribution >= 4 is 5.95 Å². The molecule has 0 spiro atoms. The van der Waals surface area contributed by atoms with Gasteiger partial charge >= 0.3 is 0 Å². The van der Waals surface area contributed by atoms with Crippen LogP contribution in [-0.2, 0) is 0 Å². The Balaban J connectivity index is 2.19. The van der Waals surface area contributed by atoms with Gasteiger partial charge < -0.3 is 4.90 Å². The maximum Gasteiger partial charge on any atom is 0.227 e. The van der Waals surface area contributed by atoms with Gasteiger partial charge in [0.2, 0.25) is 5.95 Å². The standard InChI is InChI=1S/C14H20N4/c1-10(2)6-7-18(13-4-5-13)14-16-11(3)8-12(9-15)17-14/h8,10,13H,4-7H2,1-3H3. The van der Waals surface area contributed by atoms with Crippen molar-refractivity contribution in [2.45, 2.75) is 46.1 Å². The number of aromatic nitrogens is 2. The highest BCUT2D eigenvalue weighted by Crippen LogP contribution is 2.30. The molecule has 2 rings (SSSR count). The molecule has 18 heavy (non-hydrogen) atoms. The lowest BCUT2D eigenvalue weighted by atomic mass is 10.1. The number of aryl methyl sites for hydroxylation is 1. The van der Waals surface area contributed by atoms with Gasteiger partial charge in [-0.2, -0.15) is 5.26 Å². The van der Waals surface area contributed by atoms with Crippen molar-refractivity contribution in [3.05, 3.63) is 17.5 Å². The van der Waals surface area contributed by atoms with E-state index in [1.54, 1.807) is 6.07 Å². The molecule has 0 aromatic carbocycles. The van der Waals surface area contributed by atoms with Crippen molar-refractivity contribution in [1.82, 2.24) is 9.97 Å². The molecule has 1 heterocycles. The number of anilines is 1. The van der Waals surface area contributed by atoms with Crippen LogP contribution in [0.3, 0.4) is 0 Å². The number of nitrogens with zero attached hydrogens (tertiary/aromatic N) is 4. The molecule has 96 valence electrons. The van der Waals surface area contributed by atoms with Crippen LogP contribution in [0.4, 0.5) is 5.95 Å². The van der Waals surface area contributed by atoms with E-state index in [9.17, 15) is 0 Å². The van der Waals surface area contributed by atoms with Gasteiger partial charge in [-0.05, 0) is 38.2 Å². The lowest BCUT2D eigenvalue weighted by molar-refractivity contribution is 0.565. The third-order valence-corrected chi connectivity index (χ3v) is 3.15. The summed E-state index contributed by atoms with van der Waals surface area (Å²) in [4.78, 5) is 11.1. The Morgan fingerprint density at radius 1 is 1.44 bits per heavy atom. The van der Waals surface area contributed by atoms with Gasteiger partial charge in [-0.1, -0.05) is 13.8 Å². The maximum atomic E-state index is 8.98. The molecular formula is C14H20N4. The van der Waals surface area contributed by atoms with Crippen LogP contribution in [0.25, 0.3) is 0 Å². The molecule has 0 atom stereocenters. The normalized spacial score (nSPS) is 14.6. The van der Waals surface area contributed by atoms with Gasteiger partial charge in [-0.15, -0.1) is 0 Å². The molecule has 0 aliphatic heterocycles. The van der Waals surface area contributed by atoms with E-state index in [0.29, 0.717) is 17.7 Å². The highest BCUT2D eigenvalue weighted by atomic mass is 15.3. The summed E-state index contributed by atoms with van der Waals surface area (Å²) >= 11 is 0. The van der Waals surface area contributed by atoms with Gasteiger partial charge in [0, 0.05) is 18.3 Å².